The van der Waals surface area contributed by atoms with Gasteiger partial charge in [0.25, 0.3) is 5.91 Å². The summed E-state index contributed by atoms with van der Waals surface area (Å²) in [5.74, 6) is 2.08. The lowest BCUT2D eigenvalue weighted by Crippen LogP contribution is -2.40. The van der Waals surface area contributed by atoms with Crippen molar-refractivity contribution in [3.05, 3.63) is 144 Å². The molecule has 2 fully saturated rings. The van der Waals surface area contributed by atoms with Crippen molar-refractivity contribution in [1.29, 1.82) is 0 Å². The molecule has 0 bridgehead atoms. The molecule has 2 aliphatic heterocycles. The molecular weight excluding hydrogens is 795 g/mol. The van der Waals surface area contributed by atoms with Crippen molar-refractivity contribution >= 4 is 35.7 Å². The van der Waals surface area contributed by atoms with Gasteiger partial charge in [-0.2, -0.15) is 0 Å². The van der Waals surface area contributed by atoms with Crippen molar-refractivity contribution in [3.8, 4) is 33.6 Å². The van der Waals surface area contributed by atoms with Crippen LogP contribution in [0.4, 0.5) is 0 Å². The summed E-state index contributed by atoms with van der Waals surface area (Å²) in [4.78, 5) is 67.7. The molecule has 0 radical (unpaired) electrons. The maximum absolute atomic E-state index is 14.4. The number of likely N-dealkylation sites (N-methyl/N-ethyl adjacent to an activating group) is 1. The maximum Gasteiger partial charge on any atom is 0.253 e. The molecule has 0 spiro atoms. The van der Waals surface area contributed by atoms with Crippen LogP contribution >= 0.6 is 11.8 Å². The van der Waals surface area contributed by atoms with E-state index >= 15 is 0 Å². The fraction of sp³-hybridized carbons (Fsp3) is 0.306. The number of hydrogen-bond acceptors (Lipinski definition) is 8. The van der Waals surface area contributed by atoms with Crippen LogP contribution in [0.15, 0.2) is 127 Å². The van der Waals surface area contributed by atoms with Crippen molar-refractivity contribution in [2.24, 2.45) is 4.99 Å². The smallest absolute Gasteiger partial charge is 0.253 e. The SMILES string of the molecule is C/C=N/C(C(=O)N1C(CCC(=O)NC)SC[C@H]1c1ncc(-c2ccc(-c3ccc(-c4cnc([C@@H]5CCCN5C(=O)[C@@H](c5ccccc5)N(C)C)[nH]4)cc3)cc2)[nH]1)c1ccccc1. The standard InChI is InChI=1S/C49H53N9O3S/c1-5-51-44(36-13-8-6-9-14-36)48(60)58-41(31-62-43(58)27-26-42(59)50-2)47-53-30-39(55-47)35-24-20-33(21-25-35)32-18-22-34(23-19-32)38-29-52-46(54-38)40-17-12-28-57(40)49(61)45(56(3)4)37-15-10-7-11-16-37/h5-11,13-16,18-25,29-30,40-41,43-45H,12,17,26-28,31H2,1-4H3,(H,50,59)(H,52,54)(H,53,55)/b51-5+/t40-,41-,43?,44?,45+/m0/s1. The fourth-order valence-electron chi connectivity index (χ4n) is 8.65. The summed E-state index contributed by atoms with van der Waals surface area (Å²) >= 11 is 1.67. The van der Waals surface area contributed by atoms with Gasteiger partial charge in [-0.05, 0) is 79.9 Å². The molecular formula is C49H53N9O3S. The summed E-state index contributed by atoms with van der Waals surface area (Å²) < 4.78 is 0. The number of carbonyl (C=O) groups excluding carboxylic acids is 3. The van der Waals surface area contributed by atoms with Crippen LogP contribution in [-0.4, -0.2) is 97.4 Å². The van der Waals surface area contributed by atoms with Gasteiger partial charge >= 0.3 is 0 Å². The first-order valence-corrected chi connectivity index (χ1v) is 22.3. The molecule has 62 heavy (non-hydrogen) atoms. The number of aromatic nitrogens is 4. The van der Waals surface area contributed by atoms with Gasteiger partial charge in [-0.3, -0.25) is 24.3 Å². The van der Waals surface area contributed by atoms with Gasteiger partial charge in [-0.15, -0.1) is 11.8 Å². The van der Waals surface area contributed by atoms with E-state index in [2.05, 4.69) is 68.8 Å². The number of nitrogens with one attached hydrogen (secondary N) is 3. The van der Waals surface area contributed by atoms with Crippen LogP contribution in [0.25, 0.3) is 33.6 Å². The van der Waals surface area contributed by atoms with Crippen LogP contribution in [0.2, 0.25) is 0 Å². The summed E-state index contributed by atoms with van der Waals surface area (Å²) in [6.07, 6.45) is 8.01. The van der Waals surface area contributed by atoms with Crippen molar-refractivity contribution in [2.45, 2.75) is 62.1 Å². The van der Waals surface area contributed by atoms with E-state index in [0.29, 0.717) is 31.0 Å². The number of hydrogen-bond donors (Lipinski definition) is 3. The Morgan fingerprint density at radius 1 is 0.790 bits per heavy atom. The number of amides is 3. The third kappa shape index (κ3) is 9.00. The first-order chi connectivity index (χ1) is 30.2. The van der Waals surface area contributed by atoms with Crippen LogP contribution in [-0.2, 0) is 14.4 Å². The van der Waals surface area contributed by atoms with E-state index in [4.69, 9.17) is 9.97 Å². The van der Waals surface area contributed by atoms with Crippen LogP contribution in [0.1, 0.15) is 79.6 Å². The van der Waals surface area contributed by atoms with Crippen molar-refractivity contribution in [3.63, 3.8) is 0 Å². The highest BCUT2D eigenvalue weighted by molar-refractivity contribution is 8.00. The molecule has 8 rings (SSSR count). The molecule has 4 aromatic carbocycles. The molecule has 13 heteroatoms. The monoisotopic (exact) mass is 847 g/mol. The predicted molar refractivity (Wildman–Crippen MR) is 246 cm³/mol. The highest BCUT2D eigenvalue weighted by Crippen LogP contribution is 2.43. The summed E-state index contributed by atoms with van der Waals surface area (Å²) in [7, 11) is 5.54. The molecule has 2 unspecified atom stereocenters. The minimum absolute atomic E-state index is 0.0568. The van der Waals surface area contributed by atoms with Gasteiger partial charge in [-0.1, -0.05) is 109 Å². The molecule has 3 N–H and O–H groups in total. The highest BCUT2D eigenvalue weighted by Gasteiger charge is 2.43. The number of rotatable bonds is 14. The molecule has 2 aromatic heterocycles. The first kappa shape index (κ1) is 42.4. The van der Waals surface area contributed by atoms with Crippen LogP contribution in [0.3, 0.4) is 0 Å². The average molecular weight is 848 g/mol. The summed E-state index contributed by atoms with van der Waals surface area (Å²) in [5, 5.41) is 2.50. The Hall–Kier alpha value is -6.31. The number of imidazole rings is 2. The predicted octanol–water partition coefficient (Wildman–Crippen LogP) is 8.40. The lowest BCUT2D eigenvalue weighted by atomic mass is 10.0. The summed E-state index contributed by atoms with van der Waals surface area (Å²) in [6.45, 7) is 2.53. The van der Waals surface area contributed by atoms with E-state index in [1.807, 2.05) is 109 Å². The number of aromatic amines is 2. The summed E-state index contributed by atoms with van der Waals surface area (Å²) in [5.41, 5.74) is 7.73. The number of aliphatic imine (C=N–C) groups is 1. The zero-order chi connectivity index (χ0) is 43.2. The van der Waals surface area contributed by atoms with E-state index in [9.17, 15) is 14.4 Å². The second-order valence-corrected chi connectivity index (χ2v) is 17.2. The number of H-pyrrole nitrogens is 2. The second-order valence-electron chi connectivity index (χ2n) is 16.0. The number of carbonyl (C=O) groups is 3. The van der Waals surface area contributed by atoms with Gasteiger partial charge in [0, 0.05) is 25.8 Å². The highest BCUT2D eigenvalue weighted by atomic mass is 32.2. The average Bonchev–Trinajstić information content (AvgIpc) is 4.15. The third-order valence-electron chi connectivity index (χ3n) is 11.8. The van der Waals surface area contributed by atoms with E-state index in [1.54, 1.807) is 25.0 Å². The topological polar surface area (TPSA) is 143 Å². The summed E-state index contributed by atoms with van der Waals surface area (Å²) in [6, 6.07) is 34.9. The minimum atomic E-state index is -0.695. The third-order valence-corrected chi connectivity index (χ3v) is 13.2. The molecule has 5 atom stereocenters. The van der Waals surface area contributed by atoms with Crippen molar-refractivity contribution < 1.29 is 14.4 Å². The van der Waals surface area contributed by atoms with Crippen molar-refractivity contribution in [2.75, 3.05) is 33.4 Å². The van der Waals surface area contributed by atoms with Gasteiger partial charge in [0.1, 0.15) is 23.7 Å². The lowest BCUT2D eigenvalue weighted by Gasteiger charge is -2.31. The Balaban J connectivity index is 0.955. The fourth-order valence-corrected chi connectivity index (χ4v) is 10.1. The van der Waals surface area contributed by atoms with E-state index in [-0.39, 0.29) is 41.2 Å². The maximum atomic E-state index is 14.4. The molecule has 318 valence electrons. The Kier molecular flexibility index (Phi) is 13.1. The lowest BCUT2D eigenvalue weighted by molar-refractivity contribution is -0.137. The molecule has 0 saturated carbocycles. The quantitative estimate of drug-likeness (QED) is 0.0935. The zero-order valence-electron chi connectivity index (χ0n) is 35.6. The van der Waals surface area contributed by atoms with Gasteiger partial charge < -0.3 is 25.1 Å². The molecule has 12 nitrogen and oxygen atoms in total. The number of likely N-dealkylation sites (tertiary alicyclic amines) is 1. The Labute approximate surface area is 367 Å². The largest absolute Gasteiger partial charge is 0.359 e. The number of thioether (sulfide) groups is 1. The number of benzene rings is 4. The molecule has 2 aliphatic rings. The van der Waals surface area contributed by atoms with E-state index in [1.165, 1.54) is 0 Å². The zero-order valence-corrected chi connectivity index (χ0v) is 36.4. The molecule has 2 saturated heterocycles. The Morgan fingerprint density at radius 2 is 1.34 bits per heavy atom. The molecule has 6 aromatic rings. The normalized spacial score (nSPS) is 18.7. The Bertz CT molecular complexity index is 2490. The number of nitrogens with zero attached hydrogens (tertiary/aromatic N) is 6. The Morgan fingerprint density at radius 3 is 1.89 bits per heavy atom. The molecule has 0 aliphatic carbocycles. The first-order valence-electron chi connectivity index (χ1n) is 21.2. The van der Waals surface area contributed by atoms with Crippen LogP contribution in [0.5, 0.6) is 0 Å². The van der Waals surface area contributed by atoms with Gasteiger partial charge in [-0.25, -0.2) is 9.97 Å². The van der Waals surface area contributed by atoms with Gasteiger partial charge in [0.15, 0.2) is 6.04 Å². The van der Waals surface area contributed by atoms with Crippen LogP contribution in [0, 0.1) is 0 Å². The van der Waals surface area contributed by atoms with Gasteiger partial charge in [0.2, 0.25) is 11.8 Å². The van der Waals surface area contributed by atoms with Crippen molar-refractivity contribution in [1.82, 2.24) is 40.0 Å². The van der Waals surface area contributed by atoms with E-state index < -0.39 is 6.04 Å². The molecule has 3 amide bonds. The van der Waals surface area contributed by atoms with Crippen LogP contribution < -0.4 is 5.32 Å². The van der Waals surface area contributed by atoms with Gasteiger partial charge in [0.05, 0.1) is 35.2 Å². The second kappa shape index (κ2) is 19.2. The van der Waals surface area contributed by atoms with E-state index in [0.717, 1.165) is 63.4 Å². The minimum Gasteiger partial charge on any atom is -0.359 e. The molecule has 4 heterocycles.